The molecule has 0 radical (unpaired) electrons. The van der Waals surface area contributed by atoms with Crippen molar-refractivity contribution in [2.24, 2.45) is 5.73 Å². The van der Waals surface area contributed by atoms with Gasteiger partial charge in [-0.05, 0) is 32.1 Å². The number of nitrogens with two attached hydrogens (primary N) is 1. The zero-order valence-corrected chi connectivity index (χ0v) is 10.2. The third-order valence-corrected chi connectivity index (χ3v) is 4.35. The average molecular weight is 240 g/mol. The number of rotatable bonds is 2. The predicted octanol–water partition coefficient (Wildman–Crippen LogP) is 2.64. The molecule has 0 bridgehead atoms. The van der Waals surface area contributed by atoms with E-state index in [4.69, 9.17) is 17.3 Å². The Hall–Kier alpha value is -0.540. The summed E-state index contributed by atoms with van der Waals surface area (Å²) in [5.41, 5.74) is 7.09. The van der Waals surface area contributed by atoms with Crippen LogP contribution in [0.25, 0.3) is 0 Å². The van der Waals surface area contributed by atoms with Gasteiger partial charge < -0.3 is 10.3 Å². The largest absolute Gasteiger partial charge is 0.328 e. The molecule has 3 rings (SSSR count). The highest BCUT2D eigenvalue weighted by Crippen LogP contribution is 2.40. The number of hydrogen-bond donors (Lipinski definition) is 1. The third kappa shape index (κ3) is 1.49. The van der Waals surface area contributed by atoms with Crippen LogP contribution in [0.15, 0.2) is 0 Å². The Labute approximate surface area is 101 Å². The van der Waals surface area contributed by atoms with E-state index < -0.39 is 0 Å². The highest BCUT2D eigenvalue weighted by molar-refractivity contribution is 6.30. The fraction of sp³-hybridized carbons (Fsp3) is 0.750. The first-order valence-corrected chi connectivity index (χ1v) is 6.65. The zero-order chi connectivity index (χ0) is 11.1. The quantitative estimate of drug-likeness (QED) is 0.862. The molecule has 3 nitrogen and oxygen atoms in total. The average Bonchev–Trinajstić information content (AvgIpc) is 2.54. The van der Waals surface area contributed by atoms with E-state index in [2.05, 4.69) is 9.55 Å². The second kappa shape index (κ2) is 4.04. The normalized spacial score (nSPS) is 25.2. The lowest BCUT2D eigenvalue weighted by atomic mass is 9.84. The van der Waals surface area contributed by atoms with Crippen molar-refractivity contribution in [3.63, 3.8) is 0 Å². The van der Waals surface area contributed by atoms with Crippen LogP contribution in [0.4, 0.5) is 0 Å². The van der Waals surface area contributed by atoms with Crippen molar-refractivity contribution >= 4 is 11.6 Å². The summed E-state index contributed by atoms with van der Waals surface area (Å²) in [5, 5.41) is 0.722. The highest BCUT2D eigenvalue weighted by Gasteiger charge is 2.31. The van der Waals surface area contributed by atoms with E-state index in [9.17, 15) is 0 Å². The predicted molar refractivity (Wildman–Crippen MR) is 64.9 cm³/mol. The molecule has 2 aliphatic rings. The fourth-order valence-electron chi connectivity index (χ4n) is 2.90. The first kappa shape index (κ1) is 10.6. The van der Waals surface area contributed by atoms with Crippen molar-refractivity contribution in [2.75, 3.05) is 6.54 Å². The molecule has 4 heteroatoms. The van der Waals surface area contributed by atoms with Crippen LogP contribution >= 0.6 is 11.6 Å². The van der Waals surface area contributed by atoms with Crippen molar-refractivity contribution in [2.45, 2.75) is 50.5 Å². The number of fused-ring (bicyclic) bond motifs is 1. The topological polar surface area (TPSA) is 43.8 Å². The number of imidazole rings is 1. The van der Waals surface area contributed by atoms with E-state index in [1.165, 1.54) is 43.6 Å². The van der Waals surface area contributed by atoms with Gasteiger partial charge >= 0.3 is 0 Å². The number of halogens is 1. The lowest BCUT2D eigenvalue weighted by Crippen LogP contribution is -2.28. The molecule has 1 aromatic rings. The maximum absolute atomic E-state index is 6.24. The summed E-state index contributed by atoms with van der Waals surface area (Å²) in [6, 6.07) is 0.430. The SMILES string of the molecule is NCC1CCCc2c(Cl)nc(C3CCC3)n21. The monoisotopic (exact) mass is 239 g/mol. The van der Waals surface area contributed by atoms with Gasteiger partial charge in [0.2, 0.25) is 0 Å². The van der Waals surface area contributed by atoms with E-state index in [0.717, 1.165) is 11.6 Å². The Morgan fingerprint density at radius 1 is 1.31 bits per heavy atom. The van der Waals surface area contributed by atoms with Crippen molar-refractivity contribution in [1.29, 1.82) is 0 Å². The lowest BCUT2D eigenvalue weighted by Gasteiger charge is -2.31. The fourth-order valence-corrected chi connectivity index (χ4v) is 3.17. The maximum Gasteiger partial charge on any atom is 0.150 e. The van der Waals surface area contributed by atoms with Crippen LogP contribution < -0.4 is 5.73 Å². The van der Waals surface area contributed by atoms with Crippen LogP contribution in [0.2, 0.25) is 5.15 Å². The van der Waals surface area contributed by atoms with Gasteiger partial charge in [-0.15, -0.1) is 0 Å². The van der Waals surface area contributed by atoms with E-state index in [0.29, 0.717) is 18.5 Å². The summed E-state index contributed by atoms with van der Waals surface area (Å²) in [4.78, 5) is 4.59. The van der Waals surface area contributed by atoms with Gasteiger partial charge in [0.05, 0.1) is 5.69 Å². The van der Waals surface area contributed by atoms with E-state index in [-0.39, 0.29) is 0 Å². The third-order valence-electron chi connectivity index (χ3n) is 4.05. The lowest BCUT2D eigenvalue weighted by molar-refractivity contribution is 0.341. The Morgan fingerprint density at radius 2 is 2.12 bits per heavy atom. The van der Waals surface area contributed by atoms with Crippen LogP contribution in [-0.4, -0.2) is 16.1 Å². The summed E-state index contributed by atoms with van der Waals surface area (Å²) >= 11 is 6.24. The van der Waals surface area contributed by atoms with Crippen molar-refractivity contribution in [3.8, 4) is 0 Å². The molecule has 1 unspecified atom stereocenters. The van der Waals surface area contributed by atoms with Crippen LogP contribution in [0.1, 0.15) is 55.6 Å². The molecule has 0 spiro atoms. The summed E-state index contributed by atoms with van der Waals surface area (Å²) in [7, 11) is 0. The number of hydrogen-bond acceptors (Lipinski definition) is 2. The smallest absolute Gasteiger partial charge is 0.150 e. The molecule has 1 aliphatic carbocycles. The zero-order valence-electron chi connectivity index (χ0n) is 9.45. The first-order chi connectivity index (χ1) is 7.81. The van der Waals surface area contributed by atoms with E-state index in [1.807, 2.05) is 0 Å². The van der Waals surface area contributed by atoms with E-state index >= 15 is 0 Å². The van der Waals surface area contributed by atoms with Crippen molar-refractivity contribution in [3.05, 3.63) is 16.7 Å². The van der Waals surface area contributed by atoms with Gasteiger partial charge in [-0.25, -0.2) is 4.98 Å². The number of nitrogens with zero attached hydrogens (tertiary/aromatic N) is 2. The summed E-state index contributed by atoms with van der Waals surface area (Å²) in [6.45, 7) is 0.708. The van der Waals surface area contributed by atoms with E-state index in [1.54, 1.807) is 0 Å². The Morgan fingerprint density at radius 3 is 2.75 bits per heavy atom. The molecule has 2 N–H and O–H groups in total. The molecular weight excluding hydrogens is 222 g/mol. The first-order valence-electron chi connectivity index (χ1n) is 6.28. The van der Waals surface area contributed by atoms with Gasteiger partial charge in [-0.3, -0.25) is 0 Å². The Balaban J connectivity index is 2.04. The van der Waals surface area contributed by atoms with Gasteiger partial charge in [0.15, 0.2) is 5.15 Å². The molecule has 1 fully saturated rings. The van der Waals surface area contributed by atoms with Crippen LogP contribution in [-0.2, 0) is 6.42 Å². The molecule has 1 aliphatic heterocycles. The van der Waals surface area contributed by atoms with Gasteiger partial charge in [-0.1, -0.05) is 18.0 Å². The van der Waals surface area contributed by atoms with Gasteiger partial charge in [0.1, 0.15) is 5.82 Å². The second-order valence-corrected chi connectivity index (χ2v) is 5.35. The van der Waals surface area contributed by atoms with Gasteiger partial charge in [0.25, 0.3) is 0 Å². The summed E-state index contributed by atoms with van der Waals surface area (Å²) in [5.74, 6) is 1.85. The molecule has 88 valence electrons. The number of aromatic nitrogens is 2. The second-order valence-electron chi connectivity index (χ2n) is 4.99. The Kier molecular flexibility index (Phi) is 2.68. The Bertz CT molecular complexity index is 395. The highest BCUT2D eigenvalue weighted by atomic mass is 35.5. The molecule has 0 amide bonds. The van der Waals surface area contributed by atoms with Crippen LogP contribution in [0, 0.1) is 0 Å². The molecule has 1 aromatic heterocycles. The summed E-state index contributed by atoms with van der Waals surface area (Å²) < 4.78 is 2.36. The molecule has 2 heterocycles. The summed E-state index contributed by atoms with van der Waals surface area (Å²) in [6.07, 6.45) is 7.30. The van der Waals surface area contributed by atoms with Gasteiger partial charge in [-0.2, -0.15) is 0 Å². The minimum atomic E-state index is 0.430. The molecule has 16 heavy (non-hydrogen) atoms. The van der Waals surface area contributed by atoms with Crippen LogP contribution in [0.3, 0.4) is 0 Å². The van der Waals surface area contributed by atoms with Crippen molar-refractivity contribution < 1.29 is 0 Å². The minimum Gasteiger partial charge on any atom is -0.328 e. The standard InChI is InChI=1S/C12H18ClN3/c13-11-10-6-2-5-9(7-14)16(10)12(15-11)8-3-1-4-8/h8-9H,1-7,14H2. The minimum absolute atomic E-state index is 0.430. The maximum atomic E-state index is 6.24. The van der Waals surface area contributed by atoms with Crippen molar-refractivity contribution in [1.82, 2.24) is 9.55 Å². The molecule has 0 saturated heterocycles. The molecule has 1 saturated carbocycles. The molecule has 1 atom stereocenters. The molecule has 0 aromatic carbocycles. The van der Waals surface area contributed by atoms with Crippen LogP contribution in [0.5, 0.6) is 0 Å². The van der Waals surface area contributed by atoms with Gasteiger partial charge in [0, 0.05) is 18.5 Å². The molecular formula is C12H18ClN3.